The van der Waals surface area contributed by atoms with E-state index in [1.807, 2.05) is 0 Å². The fourth-order valence-electron chi connectivity index (χ4n) is 2.55. The molecule has 122 valence electrons. The number of aromatic hydroxyl groups is 2. The van der Waals surface area contributed by atoms with Crippen molar-refractivity contribution in [2.24, 2.45) is 0 Å². The van der Waals surface area contributed by atoms with Crippen molar-refractivity contribution in [3.8, 4) is 39.5 Å². The summed E-state index contributed by atoms with van der Waals surface area (Å²) in [6, 6.07) is 12.8. The lowest BCUT2D eigenvalue weighted by atomic mass is 9.93. The molecule has 0 aliphatic heterocycles. The lowest BCUT2D eigenvalue weighted by Crippen LogP contribution is -1.93. The molecule has 24 heavy (non-hydrogen) atoms. The van der Waals surface area contributed by atoms with Crippen molar-refractivity contribution in [2.45, 2.75) is 0 Å². The van der Waals surface area contributed by atoms with Gasteiger partial charge < -0.3 is 14.9 Å². The highest BCUT2D eigenvalue weighted by Crippen LogP contribution is 2.39. The van der Waals surface area contributed by atoms with Crippen LogP contribution in [0.4, 0.5) is 8.78 Å². The van der Waals surface area contributed by atoms with E-state index in [2.05, 4.69) is 0 Å². The van der Waals surface area contributed by atoms with Crippen LogP contribution >= 0.6 is 0 Å². The van der Waals surface area contributed by atoms with Gasteiger partial charge in [0.25, 0.3) is 0 Å². The maximum Gasteiger partial charge on any atom is 0.173 e. The molecule has 0 spiro atoms. The van der Waals surface area contributed by atoms with Gasteiger partial charge in [-0.15, -0.1) is 0 Å². The van der Waals surface area contributed by atoms with Crippen molar-refractivity contribution in [1.29, 1.82) is 0 Å². The third kappa shape index (κ3) is 2.76. The summed E-state index contributed by atoms with van der Waals surface area (Å²) in [7, 11) is 1.52. The van der Waals surface area contributed by atoms with E-state index in [0.29, 0.717) is 11.3 Å². The predicted molar refractivity (Wildman–Crippen MR) is 87.1 cm³/mol. The van der Waals surface area contributed by atoms with Crippen LogP contribution in [0.3, 0.4) is 0 Å². The van der Waals surface area contributed by atoms with Crippen molar-refractivity contribution < 1.29 is 23.7 Å². The molecule has 0 atom stereocenters. The van der Waals surface area contributed by atoms with Gasteiger partial charge in [-0.3, -0.25) is 0 Å². The van der Waals surface area contributed by atoms with E-state index in [-0.39, 0.29) is 22.4 Å². The smallest absolute Gasteiger partial charge is 0.173 e. The fourth-order valence-corrected chi connectivity index (χ4v) is 2.55. The standard InChI is InChI=1S/C19H14F2O3/c1-24-13-5-2-11(3-6-13)18-15(8-9-17(23)19(18)21)14-7-4-12(22)10-16(14)20/h2-10,22-23H,1H3. The molecule has 2 N–H and O–H groups in total. The molecule has 0 saturated carbocycles. The highest BCUT2D eigenvalue weighted by atomic mass is 19.1. The first-order chi connectivity index (χ1) is 11.5. The number of hydrogen-bond donors (Lipinski definition) is 2. The number of methoxy groups -OCH3 is 1. The van der Waals surface area contributed by atoms with Crippen molar-refractivity contribution in [2.75, 3.05) is 7.11 Å². The maximum atomic E-state index is 14.6. The predicted octanol–water partition coefficient (Wildman–Crippen LogP) is 4.72. The Labute approximate surface area is 137 Å². The number of benzene rings is 3. The second-order valence-corrected chi connectivity index (χ2v) is 5.21. The lowest BCUT2D eigenvalue weighted by Gasteiger charge is -2.14. The Balaban J connectivity index is 2.25. The minimum absolute atomic E-state index is 0.0715. The Bertz CT molecular complexity index is 890. The number of phenolic OH excluding ortho intramolecular Hbond substituents is 2. The molecular weight excluding hydrogens is 314 g/mol. The summed E-state index contributed by atoms with van der Waals surface area (Å²) in [5, 5.41) is 19.1. The molecule has 0 radical (unpaired) electrons. The molecule has 0 amide bonds. The molecular formula is C19H14F2O3. The Morgan fingerprint density at radius 1 is 0.833 bits per heavy atom. The first-order valence-corrected chi connectivity index (χ1v) is 7.16. The van der Waals surface area contributed by atoms with Gasteiger partial charge in [-0.1, -0.05) is 12.1 Å². The lowest BCUT2D eigenvalue weighted by molar-refractivity contribution is 0.415. The molecule has 3 nitrogen and oxygen atoms in total. The van der Waals surface area contributed by atoms with Crippen LogP contribution in [0.15, 0.2) is 54.6 Å². The van der Waals surface area contributed by atoms with E-state index in [4.69, 9.17) is 4.74 Å². The summed E-state index contributed by atoms with van der Waals surface area (Å²) >= 11 is 0. The molecule has 0 heterocycles. The Morgan fingerprint density at radius 2 is 1.50 bits per heavy atom. The SMILES string of the molecule is COc1ccc(-c2c(-c3ccc(O)cc3F)ccc(O)c2F)cc1. The van der Waals surface area contributed by atoms with E-state index in [1.165, 1.54) is 31.4 Å². The average Bonchev–Trinajstić information content (AvgIpc) is 2.58. The molecule has 0 aliphatic rings. The van der Waals surface area contributed by atoms with Gasteiger partial charge in [0.2, 0.25) is 0 Å². The normalized spacial score (nSPS) is 10.6. The van der Waals surface area contributed by atoms with Gasteiger partial charge in [0.15, 0.2) is 11.6 Å². The quantitative estimate of drug-likeness (QED) is 0.731. The molecule has 0 saturated heterocycles. The second kappa shape index (κ2) is 6.20. The number of rotatable bonds is 3. The van der Waals surface area contributed by atoms with Crippen LogP contribution in [0, 0.1) is 11.6 Å². The van der Waals surface area contributed by atoms with Crippen molar-refractivity contribution in [3.63, 3.8) is 0 Å². The highest BCUT2D eigenvalue weighted by Gasteiger charge is 2.18. The van der Waals surface area contributed by atoms with Crippen molar-refractivity contribution >= 4 is 0 Å². The van der Waals surface area contributed by atoms with E-state index >= 15 is 0 Å². The monoisotopic (exact) mass is 328 g/mol. The first kappa shape index (κ1) is 15.8. The molecule has 0 fully saturated rings. The van der Waals surface area contributed by atoms with Crippen LogP contribution < -0.4 is 4.74 Å². The van der Waals surface area contributed by atoms with E-state index in [0.717, 1.165) is 6.07 Å². The van der Waals surface area contributed by atoms with Crippen LogP contribution in [-0.4, -0.2) is 17.3 Å². The van der Waals surface area contributed by atoms with E-state index in [1.54, 1.807) is 24.3 Å². The molecule has 5 heteroatoms. The summed E-state index contributed by atoms with van der Waals surface area (Å²) in [5.74, 6) is -1.68. The van der Waals surface area contributed by atoms with Crippen LogP contribution in [0.25, 0.3) is 22.3 Å². The molecule has 3 rings (SSSR count). The van der Waals surface area contributed by atoms with Gasteiger partial charge in [-0.2, -0.15) is 0 Å². The van der Waals surface area contributed by atoms with Crippen LogP contribution in [0.2, 0.25) is 0 Å². The van der Waals surface area contributed by atoms with Gasteiger partial charge >= 0.3 is 0 Å². The minimum Gasteiger partial charge on any atom is -0.508 e. The Morgan fingerprint density at radius 3 is 2.12 bits per heavy atom. The molecule has 3 aromatic carbocycles. The van der Waals surface area contributed by atoms with E-state index < -0.39 is 17.4 Å². The number of hydrogen-bond acceptors (Lipinski definition) is 3. The second-order valence-electron chi connectivity index (χ2n) is 5.21. The minimum atomic E-state index is -0.842. The van der Waals surface area contributed by atoms with Crippen molar-refractivity contribution in [3.05, 3.63) is 66.2 Å². The summed E-state index contributed by atoms with van der Waals surface area (Å²) in [6.45, 7) is 0. The van der Waals surface area contributed by atoms with Gasteiger partial charge in [-0.25, -0.2) is 8.78 Å². The van der Waals surface area contributed by atoms with Crippen molar-refractivity contribution in [1.82, 2.24) is 0 Å². The number of halogens is 2. The third-order valence-corrected chi connectivity index (χ3v) is 3.74. The Hall–Kier alpha value is -3.08. The molecule has 0 bridgehead atoms. The molecule has 0 aliphatic carbocycles. The average molecular weight is 328 g/mol. The number of phenols is 2. The maximum absolute atomic E-state index is 14.6. The topological polar surface area (TPSA) is 49.7 Å². The summed E-state index contributed by atoms with van der Waals surface area (Å²) in [6.07, 6.45) is 0. The Kier molecular flexibility index (Phi) is 4.08. The molecule has 0 aromatic heterocycles. The third-order valence-electron chi connectivity index (χ3n) is 3.74. The van der Waals surface area contributed by atoms with Gasteiger partial charge in [0, 0.05) is 17.2 Å². The van der Waals surface area contributed by atoms with Crippen LogP contribution in [0.5, 0.6) is 17.2 Å². The van der Waals surface area contributed by atoms with Gasteiger partial charge in [0.1, 0.15) is 17.3 Å². The zero-order valence-corrected chi connectivity index (χ0v) is 12.8. The van der Waals surface area contributed by atoms with Crippen LogP contribution in [-0.2, 0) is 0 Å². The summed E-state index contributed by atoms with van der Waals surface area (Å²) < 4.78 is 33.9. The van der Waals surface area contributed by atoms with E-state index in [9.17, 15) is 19.0 Å². The first-order valence-electron chi connectivity index (χ1n) is 7.16. The number of ether oxygens (including phenoxy) is 1. The van der Waals surface area contributed by atoms with Gasteiger partial charge in [-0.05, 0) is 47.5 Å². The van der Waals surface area contributed by atoms with Crippen LogP contribution in [0.1, 0.15) is 0 Å². The summed E-state index contributed by atoms with van der Waals surface area (Å²) in [4.78, 5) is 0. The summed E-state index contributed by atoms with van der Waals surface area (Å²) in [5.41, 5.74) is 0.930. The zero-order chi connectivity index (χ0) is 17.3. The molecule has 3 aromatic rings. The van der Waals surface area contributed by atoms with Gasteiger partial charge in [0.05, 0.1) is 7.11 Å². The largest absolute Gasteiger partial charge is 0.508 e. The highest BCUT2D eigenvalue weighted by molar-refractivity contribution is 5.85. The fraction of sp³-hybridized carbons (Fsp3) is 0.0526. The zero-order valence-electron chi connectivity index (χ0n) is 12.8. The molecule has 0 unspecified atom stereocenters.